The summed E-state index contributed by atoms with van der Waals surface area (Å²) in [7, 11) is 0. The highest BCUT2D eigenvalue weighted by molar-refractivity contribution is 5.41. The van der Waals surface area contributed by atoms with Crippen LogP contribution in [-0.2, 0) is 0 Å². The zero-order chi connectivity index (χ0) is 11.0. The molecule has 80 valence electrons. The second-order valence-corrected chi connectivity index (χ2v) is 2.82. The third-order valence-electron chi connectivity index (χ3n) is 1.58. The van der Waals surface area contributed by atoms with Crippen LogP contribution in [0.5, 0.6) is 11.5 Å². The predicted octanol–water partition coefficient (Wildman–Crippen LogP) is 3.52. The molecule has 0 saturated heterocycles. The molecule has 2 nitrogen and oxygen atoms in total. The molecule has 0 radical (unpaired) electrons. The lowest BCUT2D eigenvalue weighted by atomic mass is 10.2. The van der Waals surface area contributed by atoms with Gasteiger partial charge in [-0.2, -0.15) is 0 Å². The molecule has 0 atom stereocenters. The van der Waals surface area contributed by atoms with Crippen molar-refractivity contribution in [3.63, 3.8) is 0 Å². The van der Waals surface area contributed by atoms with E-state index in [9.17, 15) is 5.11 Å². The first-order valence-electron chi connectivity index (χ1n) is 5.16. The number of phenolic OH excluding ortho intramolecular Hbond substituents is 1. The van der Waals surface area contributed by atoms with E-state index in [4.69, 9.17) is 4.74 Å². The molecule has 0 spiro atoms. The Hall–Kier alpha value is -1.18. The topological polar surface area (TPSA) is 29.5 Å². The predicted molar refractivity (Wildman–Crippen MR) is 60.0 cm³/mol. The van der Waals surface area contributed by atoms with Gasteiger partial charge in [0.15, 0.2) is 11.5 Å². The lowest BCUT2D eigenvalue weighted by Crippen LogP contribution is -1.95. The third kappa shape index (κ3) is 4.17. The van der Waals surface area contributed by atoms with Gasteiger partial charge in [-0.1, -0.05) is 26.8 Å². The van der Waals surface area contributed by atoms with Crippen LogP contribution in [0.4, 0.5) is 0 Å². The van der Waals surface area contributed by atoms with Crippen molar-refractivity contribution in [2.24, 2.45) is 0 Å². The van der Waals surface area contributed by atoms with Crippen molar-refractivity contribution in [1.29, 1.82) is 0 Å². The zero-order valence-electron chi connectivity index (χ0n) is 9.50. The number of ether oxygens (including phenoxy) is 1. The van der Waals surface area contributed by atoms with Crippen LogP contribution in [0.2, 0.25) is 0 Å². The van der Waals surface area contributed by atoms with Crippen LogP contribution in [-0.4, -0.2) is 11.7 Å². The van der Waals surface area contributed by atoms with Gasteiger partial charge in [-0.25, -0.2) is 0 Å². The Morgan fingerprint density at radius 1 is 1.29 bits per heavy atom. The Balaban J connectivity index is 0.000000791. The number of phenols is 1. The minimum atomic E-state index is 0.217. The summed E-state index contributed by atoms with van der Waals surface area (Å²) >= 11 is 0. The quantitative estimate of drug-likeness (QED) is 0.801. The highest BCUT2D eigenvalue weighted by Crippen LogP contribution is 2.26. The number of hydrogen-bond acceptors (Lipinski definition) is 2. The van der Waals surface area contributed by atoms with Crippen molar-refractivity contribution in [1.82, 2.24) is 0 Å². The molecule has 0 heterocycles. The van der Waals surface area contributed by atoms with Gasteiger partial charge in [0.2, 0.25) is 0 Å². The van der Waals surface area contributed by atoms with Crippen LogP contribution in [0.1, 0.15) is 32.8 Å². The van der Waals surface area contributed by atoms with Gasteiger partial charge >= 0.3 is 0 Å². The molecule has 1 aromatic rings. The molecule has 0 amide bonds. The second-order valence-electron chi connectivity index (χ2n) is 2.82. The molecule has 1 aromatic carbocycles. The van der Waals surface area contributed by atoms with E-state index in [2.05, 4.69) is 0 Å². The van der Waals surface area contributed by atoms with Crippen LogP contribution >= 0.6 is 0 Å². The zero-order valence-corrected chi connectivity index (χ0v) is 9.50. The fourth-order valence-corrected chi connectivity index (χ4v) is 0.949. The van der Waals surface area contributed by atoms with Crippen molar-refractivity contribution < 1.29 is 9.84 Å². The summed E-state index contributed by atoms with van der Waals surface area (Å²) in [6, 6.07) is 5.35. The first-order valence-corrected chi connectivity index (χ1v) is 5.16. The van der Waals surface area contributed by atoms with Gasteiger partial charge in [0.05, 0.1) is 6.61 Å². The van der Waals surface area contributed by atoms with E-state index >= 15 is 0 Å². The molecular weight excluding hydrogens is 176 g/mol. The van der Waals surface area contributed by atoms with E-state index in [1.807, 2.05) is 39.8 Å². The first-order chi connectivity index (χ1) is 6.74. The van der Waals surface area contributed by atoms with Gasteiger partial charge < -0.3 is 9.84 Å². The average molecular weight is 196 g/mol. The summed E-state index contributed by atoms with van der Waals surface area (Å²) in [5, 5.41) is 9.34. The van der Waals surface area contributed by atoms with Crippen molar-refractivity contribution in [3.8, 4) is 11.5 Å². The molecule has 0 bridgehead atoms. The summed E-state index contributed by atoms with van der Waals surface area (Å²) in [4.78, 5) is 0. The molecule has 0 saturated carbocycles. The summed E-state index contributed by atoms with van der Waals surface area (Å²) in [5.74, 6) is 0.797. The van der Waals surface area contributed by atoms with Crippen molar-refractivity contribution in [2.75, 3.05) is 6.61 Å². The maximum Gasteiger partial charge on any atom is 0.161 e. The number of benzene rings is 1. The van der Waals surface area contributed by atoms with Gasteiger partial charge in [-0.3, -0.25) is 0 Å². The SMILES string of the molecule is CC.CCCOc1cc(C)ccc1O. The summed E-state index contributed by atoms with van der Waals surface area (Å²) in [5.41, 5.74) is 1.10. The van der Waals surface area contributed by atoms with Gasteiger partial charge in [-0.05, 0) is 31.0 Å². The molecule has 0 unspecified atom stereocenters. The molecule has 0 aliphatic heterocycles. The Labute approximate surface area is 86.5 Å². The Kier molecular flexibility index (Phi) is 6.63. The molecule has 1 N–H and O–H groups in total. The largest absolute Gasteiger partial charge is 0.504 e. The van der Waals surface area contributed by atoms with Crippen LogP contribution in [0, 0.1) is 6.92 Å². The number of aryl methyl sites for hydroxylation is 1. The molecule has 2 heteroatoms. The van der Waals surface area contributed by atoms with Crippen LogP contribution < -0.4 is 4.74 Å². The fourth-order valence-electron chi connectivity index (χ4n) is 0.949. The number of hydrogen-bond donors (Lipinski definition) is 1. The van der Waals surface area contributed by atoms with Crippen molar-refractivity contribution in [2.45, 2.75) is 34.1 Å². The third-order valence-corrected chi connectivity index (χ3v) is 1.58. The van der Waals surface area contributed by atoms with Crippen molar-refractivity contribution >= 4 is 0 Å². The molecule has 14 heavy (non-hydrogen) atoms. The normalized spacial score (nSPS) is 8.86. The molecular formula is C12H20O2. The van der Waals surface area contributed by atoms with Crippen molar-refractivity contribution in [3.05, 3.63) is 23.8 Å². The highest BCUT2D eigenvalue weighted by Gasteiger charge is 2.00. The Morgan fingerprint density at radius 3 is 2.50 bits per heavy atom. The maximum absolute atomic E-state index is 9.34. The molecule has 0 aromatic heterocycles. The summed E-state index contributed by atoms with van der Waals surface area (Å²) in [6.45, 7) is 8.65. The molecule has 0 aliphatic carbocycles. The van der Waals surface area contributed by atoms with E-state index in [0.29, 0.717) is 12.4 Å². The van der Waals surface area contributed by atoms with E-state index in [0.717, 1.165) is 12.0 Å². The standard InChI is InChI=1S/C10H14O2.C2H6/c1-3-6-12-10-7-8(2)4-5-9(10)11;1-2/h4-5,7,11H,3,6H2,1-2H3;1-2H3. The summed E-state index contributed by atoms with van der Waals surface area (Å²) < 4.78 is 5.32. The average Bonchev–Trinajstić information content (AvgIpc) is 2.22. The minimum Gasteiger partial charge on any atom is -0.504 e. The Morgan fingerprint density at radius 2 is 1.93 bits per heavy atom. The molecule has 1 rings (SSSR count). The van der Waals surface area contributed by atoms with Gasteiger partial charge in [0.1, 0.15) is 0 Å². The lowest BCUT2D eigenvalue weighted by Gasteiger charge is -2.06. The fraction of sp³-hybridized carbons (Fsp3) is 0.500. The Bertz CT molecular complexity index is 256. The highest BCUT2D eigenvalue weighted by atomic mass is 16.5. The smallest absolute Gasteiger partial charge is 0.161 e. The van der Waals surface area contributed by atoms with Gasteiger partial charge in [0, 0.05) is 0 Å². The van der Waals surface area contributed by atoms with Gasteiger partial charge in [0.25, 0.3) is 0 Å². The number of aromatic hydroxyl groups is 1. The van der Waals surface area contributed by atoms with E-state index in [1.165, 1.54) is 0 Å². The van der Waals surface area contributed by atoms with Gasteiger partial charge in [-0.15, -0.1) is 0 Å². The van der Waals surface area contributed by atoms with Crippen LogP contribution in [0.15, 0.2) is 18.2 Å². The van der Waals surface area contributed by atoms with E-state index < -0.39 is 0 Å². The first kappa shape index (κ1) is 12.8. The van der Waals surface area contributed by atoms with E-state index in [-0.39, 0.29) is 5.75 Å². The molecule has 0 fully saturated rings. The number of rotatable bonds is 3. The van der Waals surface area contributed by atoms with E-state index in [1.54, 1.807) is 6.07 Å². The lowest BCUT2D eigenvalue weighted by molar-refractivity contribution is 0.299. The van der Waals surface area contributed by atoms with Crippen LogP contribution in [0.25, 0.3) is 0 Å². The molecule has 0 aliphatic rings. The van der Waals surface area contributed by atoms with Crippen LogP contribution in [0.3, 0.4) is 0 Å². The summed E-state index contributed by atoms with van der Waals surface area (Å²) in [6.07, 6.45) is 0.952. The minimum absolute atomic E-state index is 0.217. The second kappa shape index (κ2) is 7.25. The maximum atomic E-state index is 9.34. The monoisotopic (exact) mass is 196 g/mol.